The van der Waals surface area contributed by atoms with E-state index in [1.165, 1.54) is 7.11 Å². The van der Waals surface area contributed by atoms with Crippen molar-refractivity contribution >= 4 is 23.8 Å². The number of hydrogen-bond donors (Lipinski definition) is 2. The first kappa shape index (κ1) is 19.7. The second-order valence-corrected chi connectivity index (χ2v) is 6.57. The second-order valence-electron chi connectivity index (χ2n) is 6.57. The Hall–Kier alpha value is -2.37. The van der Waals surface area contributed by atoms with Crippen molar-refractivity contribution in [1.82, 2.24) is 4.98 Å². The largest absolute Gasteiger partial charge is 0.481 e. The summed E-state index contributed by atoms with van der Waals surface area (Å²) in [7, 11) is 1.48. The van der Waals surface area contributed by atoms with Crippen LogP contribution in [0, 0.1) is 5.41 Å². The highest BCUT2D eigenvalue weighted by Gasteiger charge is 2.23. The molecule has 0 aliphatic carbocycles. The van der Waals surface area contributed by atoms with Crippen LogP contribution in [-0.2, 0) is 9.59 Å². The monoisotopic (exact) mass is 334 g/mol. The molecule has 1 rings (SSSR count). The third-order valence-electron chi connectivity index (χ3n) is 3.43. The molecule has 0 aromatic carbocycles. The summed E-state index contributed by atoms with van der Waals surface area (Å²) < 4.78 is 5.09. The molecule has 1 heterocycles. The van der Waals surface area contributed by atoms with Crippen LogP contribution in [0.15, 0.2) is 17.7 Å². The van der Waals surface area contributed by atoms with E-state index in [-0.39, 0.29) is 11.5 Å². The predicted octanol–water partition coefficient (Wildman–Crippen LogP) is 3.73. The van der Waals surface area contributed by atoms with Gasteiger partial charge in [0, 0.05) is 22.6 Å². The average molecular weight is 334 g/mol. The first-order valence-electron chi connectivity index (χ1n) is 7.99. The number of methoxy groups -OCH3 is 1. The van der Waals surface area contributed by atoms with Crippen LogP contribution >= 0.6 is 0 Å². The second kappa shape index (κ2) is 8.47. The molecule has 2 N–H and O–H groups in total. The van der Waals surface area contributed by atoms with Crippen LogP contribution in [0.3, 0.4) is 0 Å². The Morgan fingerprint density at radius 2 is 2.00 bits per heavy atom. The van der Waals surface area contributed by atoms with Crippen molar-refractivity contribution in [1.29, 1.82) is 0 Å². The fourth-order valence-electron chi connectivity index (χ4n) is 1.87. The van der Waals surface area contributed by atoms with Crippen LogP contribution in [-0.4, -0.2) is 29.1 Å². The molecule has 1 aromatic rings. The summed E-state index contributed by atoms with van der Waals surface area (Å²) in [6, 6.07) is 3.33. The van der Waals surface area contributed by atoms with Gasteiger partial charge in [-0.3, -0.25) is 4.79 Å². The maximum Gasteiger partial charge on any atom is 0.331 e. The highest BCUT2D eigenvalue weighted by atomic mass is 16.5. The zero-order valence-corrected chi connectivity index (χ0v) is 15.0. The minimum atomic E-state index is -0.965. The summed E-state index contributed by atoms with van der Waals surface area (Å²) >= 11 is 0. The lowest BCUT2D eigenvalue weighted by Crippen LogP contribution is -2.28. The Balaban J connectivity index is 3.26. The lowest BCUT2D eigenvalue weighted by Gasteiger charge is -2.18. The number of pyridine rings is 1. The molecule has 0 aliphatic rings. The number of aromatic nitrogens is 1. The molecule has 0 fully saturated rings. The molecular weight excluding hydrogens is 308 g/mol. The zero-order valence-electron chi connectivity index (χ0n) is 15.0. The first-order chi connectivity index (χ1) is 11.2. The summed E-state index contributed by atoms with van der Waals surface area (Å²) in [5.74, 6) is -0.526. The van der Waals surface area contributed by atoms with E-state index < -0.39 is 11.4 Å². The molecule has 0 spiro atoms. The van der Waals surface area contributed by atoms with Crippen LogP contribution in [0.25, 0.3) is 6.08 Å². The van der Waals surface area contributed by atoms with Gasteiger partial charge in [0.15, 0.2) is 0 Å². The smallest absolute Gasteiger partial charge is 0.331 e. The van der Waals surface area contributed by atoms with Crippen LogP contribution < -0.4 is 10.1 Å². The number of carbonyl (C=O) groups excluding carboxylic acids is 1. The van der Waals surface area contributed by atoms with E-state index in [1.807, 2.05) is 6.92 Å². The number of nitrogens with one attached hydrogen (secondary N) is 1. The fourth-order valence-corrected chi connectivity index (χ4v) is 1.87. The van der Waals surface area contributed by atoms with Crippen molar-refractivity contribution in [2.24, 2.45) is 5.41 Å². The Labute approximate surface area is 142 Å². The number of anilines is 1. The Kier molecular flexibility index (Phi) is 6.95. The van der Waals surface area contributed by atoms with Gasteiger partial charge in [-0.15, -0.1) is 0 Å². The van der Waals surface area contributed by atoms with Crippen molar-refractivity contribution in [2.75, 3.05) is 12.4 Å². The van der Waals surface area contributed by atoms with Crippen LogP contribution in [0.5, 0.6) is 5.88 Å². The summed E-state index contributed by atoms with van der Waals surface area (Å²) in [5.41, 5.74) is 0.237. The SMILES string of the molecule is CCCCC(=Cc1ccc(OC)nc1NC(=O)C(C)(C)C)C(=O)O. The molecule has 0 radical (unpaired) electrons. The zero-order chi connectivity index (χ0) is 18.3. The number of unbranched alkanes of at least 4 members (excludes halogenated alkanes) is 1. The molecule has 0 aliphatic heterocycles. The normalized spacial score (nSPS) is 12.0. The Morgan fingerprint density at radius 1 is 1.33 bits per heavy atom. The number of aliphatic carboxylic acids is 1. The highest BCUT2D eigenvalue weighted by Crippen LogP contribution is 2.24. The number of carbonyl (C=O) groups is 2. The quantitative estimate of drug-likeness (QED) is 0.742. The third kappa shape index (κ3) is 5.68. The van der Waals surface area contributed by atoms with E-state index in [0.29, 0.717) is 23.7 Å². The lowest BCUT2D eigenvalue weighted by molar-refractivity contribution is -0.132. The number of carboxylic acid groups (broad SMARTS) is 1. The first-order valence-corrected chi connectivity index (χ1v) is 7.99. The molecule has 6 nitrogen and oxygen atoms in total. The standard InChI is InChI=1S/C18H26N2O4/c1-6-7-8-13(16(21)22)11-12-9-10-14(24-5)19-15(12)20-17(23)18(2,3)4/h9-11H,6-8H2,1-5H3,(H,21,22)(H,19,20,23). The highest BCUT2D eigenvalue weighted by molar-refractivity contribution is 5.97. The molecule has 0 saturated carbocycles. The third-order valence-corrected chi connectivity index (χ3v) is 3.43. The van der Waals surface area contributed by atoms with Crippen molar-refractivity contribution < 1.29 is 19.4 Å². The van der Waals surface area contributed by atoms with E-state index in [2.05, 4.69) is 10.3 Å². The minimum absolute atomic E-state index is 0.205. The van der Waals surface area contributed by atoms with Crippen LogP contribution in [0.4, 0.5) is 5.82 Å². The van der Waals surface area contributed by atoms with Gasteiger partial charge in [-0.2, -0.15) is 4.98 Å². The predicted molar refractivity (Wildman–Crippen MR) is 94.0 cm³/mol. The lowest BCUT2D eigenvalue weighted by atomic mass is 9.95. The van der Waals surface area contributed by atoms with E-state index in [4.69, 9.17) is 4.74 Å². The molecule has 0 atom stereocenters. The molecule has 132 valence electrons. The van der Waals surface area contributed by atoms with Gasteiger partial charge in [-0.1, -0.05) is 34.1 Å². The number of ether oxygens (including phenoxy) is 1. The minimum Gasteiger partial charge on any atom is -0.481 e. The average Bonchev–Trinajstić information content (AvgIpc) is 2.51. The fraction of sp³-hybridized carbons (Fsp3) is 0.500. The van der Waals surface area contributed by atoms with Gasteiger partial charge >= 0.3 is 5.97 Å². The van der Waals surface area contributed by atoms with E-state index in [9.17, 15) is 14.7 Å². The van der Waals surface area contributed by atoms with Gasteiger partial charge in [-0.25, -0.2) is 4.79 Å². The molecule has 0 unspecified atom stereocenters. The van der Waals surface area contributed by atoms with Crippen LogP contribution in [0.1, 0.15) is 52.5 Å². The maximum atomic E-state index is 12.2. The number of hydrogen-bond acceptors (Lipinski definition) is 4. The summed E-state index contributed by atoms with van der Waals surface area (Å²) in [4.78, 5) is 27.9. The van der Waals surface area contributed by atoms with Crippen molar-refractivity contribution in [3.8, 4) is 5.88 Å². The number of nitrogens with zero attached hydrogens (tertiary/aromatic N) is 1. The van der Waals surface area contributed by atoms with E-state index in [0.717, 1.165) is 12.8 Å². The number of amides is 1. The van der Waals surface area contributed by atoms with Gasteiger partial charge < -0.3 is 15.2 Å². The molecule has 6 heteroatoms. The molecular formula is C18H26N2O4. The van der Waals surface area contributed by atoms with Gasteiger partial charge in [0.1, 0.15) is 5.82 Å². The Bertz CT molecular complexity index is 630. The van der Waals surface area contributed by atoms with E-state index in [1.54, 1.807) is 39.0 Å². The Morgan fingerprint density at radius 3 is 2.50 bits per heavy atom. The molecule has 0 bridgehead atoms. The van der Waals surface area contributed by atoms with Gasteiger partial charge in [-0.05, 0) is 25.0 Å². The molecule has 0 saturated heterocycles. The number of rotatable bonds is 7. The van der Waals surface area contributed by atoms with Gasteiger partial charge in [0.25, 0.3) is 0 Å². The summed E-state index contributed by atoms with van der Waals surface area (Å²) in [6.07, 6.45) is 3.71. The van der Waals surface area contributed by atoms with Crippen molar-refractivity contribution in [3.63, 3.8) is 0 Å². The topological polar surface area (TPSA) is 88.5 Å². The van der Waals surface area contributed by atoms with Gasteiger partial charge in [0.2, 0.25) is 11.8 Å². The molecule has 1 amide bonds. The summed E-state index contributed by atoms with van der Waals surface area (Å²) in [6.45, 7) is 7.38. The molecule has 1 aromatic heterocycles. The summed E-state index contributed by atoms with van der Waals surface area (Å²) in [5, 5.41) is 12.1. The number of carboxylic acids is 1. The maximum absolute atomic E-state index is 12.2. The molecule has 24 heavy (non-hydrogen) atoms. The van der Waals surface area contributed by atoms with Crippen molar-refractivity contribution in [3.05, 3.63) is 23.3 Å². The van der Waals surface area contributed by atoms with Crippen molar-refractivity contribution in [2.45, 2.75) is 47.0 Å². The van der Waals surface area contributed by atoms with Crippen LogP contribution in [0.2, 0.25) is 0 Å². The van der Waals surface area contributed by atoms with E-state index >= 15 is 0 Å². The van der Waals surface area contributed by atoms with Gasteiger partial charge in [0.05, 0.1) is 7.11 Å².